The number of carboxylic acid groups (broad SMARTS) is 1. The van der Waals surface area contributed by atoms with Crippen LogP contribution in [-0.2, 0) is 20.5 Å². The largest absolute Gasteiger partial charge is 0.481 e. The van der Waals surface area contributed by atoms with Crippen LogP contribution < -0.4 is 0 Å². The van der Waals surface area contributed by atoms with Crippen LogP contribution in [0.5, 0.6) is 0 Å². The molecule has 0 aliphatic heterocycles. The van der Waals surface area contributed by atoms with Gasteiger partial charge in [-0.15, -0.1) is 0 Å². The molecule has 2 rings (SSSR count). The maximum absolute atomic E-state index is 12.7. The summed E-state index contributed by atoms with van der Waals surface area (Å²) < 4.78 is 42.6. The zero-order chi connectivity index (χ0) is 20.9. The number of hydrogen-bond donors (Lipinski definition) is 1. The Labute approximate surface area is 158 Å². The second-order valence-electron chi connectivity index (χ2n) is 6.06. The van der Waals surface area contributed by atoms with Gasteiger partial charge in [-0.3, -0.25) is 14.4 Å². The zero-order valence-electron chi connectivity index (χ0n) is 14.8. The summed E-state index contributed by atoms with van der Waals surface area (Å²) in [6.45, 7) is 0. The van der Waals surface area contributed by atoms with Crippen molar-refractivity contribution in [3.8, 4) is 0 Å². The number of carbonyl (C=O) groups excluding carboxylic acids is 2. The number of benzene rings is 2. The maximum atomic E-state index is 12.7. The van der Waals surface area contributed by atoms with E-state index in [0.29, 0.717) is 5.56 Å². The van der Waals surface area contributed by atoms with Crippen molar-refractivity contribution in [3.63, 3.8) is 0 Å². The summed E-state index contributed by atoms with van der Waals surface area (Å²) in [5.41, 5.74) is -0.481. The van der Waals surface area contributed by atoms with Crippen LogP contribution in [0, 0.1) is 5.92 Å². The fourth-order valence-corrected chi connectivity index (χ4v) is 2.86. The molecule has 0 saturated carbocycles. The van der Waals surface area contributed by atoms with Crippen LogP contribution in [-0.4, -0.2) is 29.9 Å². The summed E-state index contributed by atoms with van der Waals surface area (Å²) in [4.78, 5) is 36.3. The zero-order valence-corrected chi connectivity index (χ0v) is 14.8. The molecule has 2 aromatic rings. The smallest absolute Gasteiger partial charge is 0.416 e. The van der Waals surface area contributed by atoms with Gasteiger partial charge in [0.2, 0.25) is 0 Å². The van der Waals surface area contributed by atoms with Crippen LogP contribution in [0.1, 0.15) is 33.8 Å². The van der Waals surface area contributed by atoms with E-state index >= 15 is 0 Å². The highest BCUT2D eigenvalue weighted by Crippen LogP contribution is 2.32. The van der Waals surface area contributed by atoms with Gasteiger partial charge < -0.3 is 9.84 Å². The SMILES string of the molecule is COC(=O)C(C(=O)O)C(CC(=O)c1ccc(C(F)(F)F)cc1)c1ccccc1. The minimum atomic E-state index is -4.53. The lowest BCUT2D eigenvalue weighted by atomic mass is 9.81. The number of hydrogen-bond acceptors (Lipinski definition) is 4. The van der Waals surface area contributed by atoms with Gasteiger partial charge in [-0.05, 0) is 17.7 Å². The van der Waals surface area contributed by atoms with E-state index in [1.807, 2.05) is 0 Å². The summed E-state index contributed by atoms with van der Waals surface area (Å²) in [6.07, 6.45) is -4.92. The van der Waals surface area contributed by atoms with Crippen molar-refractivity contribution < 1.29 is 37.4 Å². The Kier molecular flexibility index (Phi) is 6.56. The fourth-order valence-electron chi connectivity index (χ4n) is 2.86. The highest BCUT2D eigenvalue weighted by atomic mass is 19.4. The van der Waals surface area contributed by atoms with Crippen molar-refractivity contribution in [3.05, 3.63) is 71.3 Å². The van der Waals surface area contributed by atoms with E-state index in [1.54, 1.807) is 30.3 Å². The minimum absolute atomic E-state index is 0.0112. The second-order valence-corrected chi connectivity index (χ2v) is 6.06. The quantitative estimate of drug-likeness (QED) is 0.437. The fraction of sp³-hybridized carbons (Fsp3) is 0.250. The van der Waals surface area contributed by atoms with Gasteiger partial charge in [-0.1, -0.05) is 42.5 Å². The van der Waals surface area contributed by atoms with Crippen molar-refractivity contribution in [1.82, 2.24) is 0 Å². The number of Topliss-reactive ketones (excluding diaryl/α,β-unsaturated/α-hetero) is 1. The second kappa shape index (κ2) is 8.69. The molecule has 0 fully saturated rings. The van der Waals surface area contributed by atoms with Crippen molar-refractivity contribution in [2.75, 3.05) is 7.11 Å². The van der Waals surface area contributed by atoms with Crippen LogP contribution in [0.15, 0.2) is 54.6 Å². The molecule has 0 heterocycles. The molecule has 1 N–H and O–H groups in total. The molecule has 148 valence electrons. The number of ketones is 1. The molecule has 0 aromatic heterocycles. The van der Waals surface area contributed by atoms with E-state index in [1.165, 1.54) is 0 Å². The topological polar surface area (TPSA) is 80.7 Å². The number of halogens is 3. The molecule has 2 unspecified atom stereocenters. The van der Waals surface area contributed by atoms with E-state index in [4.69, 9.17) is 0 Å². The van der Waals surface area contributed by atoms with Crippen molar-refractivity contribution in [2.24, 2.45) is 5.92 Å². The third kappa shape index (κ3) is 4.97. The first-order valence-electron chi connectivity index (χ1n) is 8.21. The molecule has 5 nitrogen and oxygen atoms in total. The molecule has 28 heavy (non-hydrogen) atoms. The monoisotopic (exact) mass is 394 g/mol. The summed E-state index contributed by atoms with van der Waals surface area (Å²) in [7, 11) is 1.04. The lowest BCUT2D eigenvalue weighted by Gasteiger charge is -2.22. The Hall–Kier alpha value is -3.16. The highest BCUT2D eigenvalue weighted by molar-refractivity contribution is 5.99. The average Bonchev–Trinajstić information content (AvgIpc) is 2.67. The molecular weight excluding hydrogens is 377 g/mol. The lowest BCUT2D eigenvalue weighted by Crippen LogP contribution is -2.32. The molecule has 0 spiro atoms. The normalized spacial score (nSPS) is 13.4. The van der Waals surface area contributed by atoms with Crippen molar-refractivity contribution in [2.45, 2.75) is 18.5 Å². The van der Waals surface area contributed by atoms with E-state index in [2.05, 4.69) is 4.74 Å². The minimum Gasteiger partial charge on any atom is -0.481 e. The molecule has 0 amide bonds. The number of methoxy groups -OCH3 is 1. The maximum Gasteiger partial charge on any atom is 0.416 e. The Morgan fingerprint density at radius 2 is 1.57 bits per heavy atom. The van der Waals surface area contributed by atoms with Gasteiger partial charge >= 0.3 is 18.1 Å². The third-order valence-corrected chi connectivity index (χ3v) is 4.29. The van der Waals surface area contributed by atoms with Gasteiger partial charge in [0.05, 0.1) is 12.7 Å². The van der Waals surface area contributed by atoms with E-state index < -0.39 is 41.3 Å². The molecule has 0 saturated heterocycles. The van der Waals surface area contributed by atoms with Gasteiger partial charge in [-0.25, -0.2) is 0 Å². The number of carbonyl (C=O) groups is 3. The lowest BCUT2D eigenvalue weighted by molar-refractivity contribution is -0.157. The van der Waals surface area contributed by atoms with E-state index in [-0.39, 0.29) is 12.0 Å². The average molecular weight is 394 g/mol. The third-order valence-electron chi connectivity index (χ3n) is 4.29. The van der Waals surface area contributed by atoms with E-state index in [9.17, 15) is 32.7 Å². The van der Waals surface area contributed by atoms with Gasteiger partial charge in [0.15, 0.2) is 11.7 Å². The predicted octanol–water partition coefficient (Wildman–Crippen LogP) is 3.94. The van der Waals surface area contributed by atoms with Crippen LogP contribution in [0.4, 0.5) is 13.2 Å². The van der Waals surface area contributed by atoms with Gasteiger partial charge in [0, 0.05) is 17.9 Å². The Bertz CT molecular complexity index is 844. The highest BCUT2D eigenvalue weighted by Gasteiger charge is 2.38. The van der Waals surface area contributed by atoms with Crippen LogP contribution >= 0.6 is 0 Å². The van der Waals surface area contributed by atoms with Gasteiger partial charge in [-0.2, -0.15) is 13.2 Å². The molecular formula is C20H17F3O5. The van der Waals surface area contributed by atoms with Crippen LogP contribution in [0.2, 0.25) is 0 Å². The molecule has 2 aromatic carbocycles. The van der Waals surface area contributed by atoms with Crippen molar-refractivity contribution >= 4 is 17.7 Å². The molecule has 0 bridgehead atoms. The summed E-state index contributed by atoms with van der Waals surface area (Å²) >= 11 is 0. The molecule has 2 atom stereocenters. The first-order chi connectivity index (χ1) is 13.1. The van der Waals surface area contributed by atoms with E-state index in [0.717, 1.165) is 31.4 Å². The molecule has 0 aliphatic carbocycles. The number of ether oxygens (including phenoxy) is 1. The predicted molar refractivity (Wildman–Crippen MR) is 92.7 cm³/mol. The number of rotatable bonds is 7. The summed E-state index contributed by atoms with van der Waals surface area (Å²) in [5, 5.41) is 9.48. The Morgan fingerprint density at radius 1 is 1.00 bits per heavy atom. The number of aliphatic carboxylic acids is 1. The number of alkyl halides is 3. The Balaban J connectivity index is 2.35. The van der Waals surface area contributed by atoms with Crippen molar-refractivity contribution in [1.29, 1.82) is 0 Å². The molecule has 0 radical (unpaired) electrons. The summed E-state index contributed by atoms with van der Waals surface area (Å²) in [5.74, 6) is -5.73. The Morgan fingerprint density at radius 3 is 2.04 bits per heavy atom. The van der Waals surface area contributed by atoms with Gasteiger partial charge in [0.25, 0.3) is 0 Å². The molecule has 8 heteroatoms. The van der Waals surface area contributed by atoms with Crippen LogP contribution in [0.3, 0.4) is 0 Å². The molecule has 0 aliphatic rings. The number of esters is 1. The summed E-state index contributed by atoms with van der Waals surface area (Å²) in [6, 6.07) is 11.7. The van der Waals surface area contributed by atoms with Gasteiger partial charge in [0.1, 0.15) is 0 Å². The first-order valence-corrected chi connectivity index (χ1v) is 8.21. The standard InChI is InChI=1S/C20H17F3O5/c1-28-19(27)17(18(25)26)15(12-5-3-2-4-6-12)11-16(24)13-7-9-14(10-8-13)20(21,22)23/h2-10,15,17H,11H2,1H3,(H,25,26). The number of carboxylic acids is 1. The van der Waals surface area contributed by atoms with Crippen LogP contribution in [0.25, 0.3) is 0 Å². The first kappa shape index (κ1) is 21.1.